The van der Waals surface area contributed by atoms with Crippen molar-refractivity contribution in [2.24, 2.45) is 11.8 Å². The highest BCUT2D eigenvalue weighted by atomic mass is 16.5. The molecule has 0 aromatic heterocycles. The van der Waals surface area contributed by atoms with Crippen LogP contribution < -0.4 is 14.8 Å². The topological polar surface area (TPSA) is 30.5 Å². The molecular weight excluding hydrogens is 262 g/mol. The molecule has 118 valence electrons. The monoisotopic (exact) mass is 291 g/mol. The summed E-state index contributed by atoms with van der Waals surface area (Å²) >= 11 is 0. The van der Waals surface area contributed by atoms with Gasteiger partial charge in [0, 0.05) is 17.7 Å². The van der Waals surface area contributed by atoms with Gasteiger partial charge in [-0.25, -0.2) is 0 Å². The summed E-state index contributed by atoms with van der Waals surface area (Å²) in [5.41, 5.74) is 1.26. The van der Waals surface area contributed by atoms with E-state index in [1.54, 1.807) is 14.2 Å². The average molecular weight is 291 g/mol. The molecule has 1 aromatic carbocycles. The van der Waals surface area contributed by atoms with Crippen molar-refractivity contribution in [1.82, 2.24) is 5.32 Å². The molecule has 1 fully saturated rings. The molecule has 3 unspecified atom stereocenters. The van der Waals surface area contributed by atoms with Crippen LogP contribution in [0.3, 0.4) is 0 Å². The van der Waals surface area contributed by atoms with E-state index in [4.69, 9.17) is 9.47 Å². The first kappa shape index (κ1) is 16.2. The van der Waals surface area contributed by atoms with Crippen LogP contribution in [0.25, 0.3) is 0 Å². The summed E-state index contributed by atoms with van der Waals surface area (Å²) in [6.07, 6.45) is 5.31. The molecule has 0 saturated heterocycles. The second kappa shape index (κ2) is 7.69. The molecule has 3 atom stereocenters. The second-order valence-electron chi connectivity index (χ2n) is 6.18. The molecule has 0 radical (unpaired) electrons. The minimum atomic E-state index is 0.374. The summed E-state index contributed by atoms with van der Waals surface area (Å²) in [6.45, 7) is 5.53. The van der Waals surface area contributed by atoms with E-state index in [2.05, 4.69) is 25.2 Å². The van der Waals surface area contributed by atoms with Gasteiger partial charge in [-0.1, -0.05) is 32.8 Å². The number of benzene rings is 1. The Hall–Kier alpha value is -1.22. The van der Waals surface area contributed by atoms with Gasteiger partial charge in [0.15, 0.2) is 0 Å². The van der Waals surface area contributed by atoms with Gasteiger partial charge < -0.3 is 14.8 Å². The Labute approximate surface area is 129 Å². The highest BCUT2D eigenvalue weighted by molar-refractivity contribution is 5.42. The Kier molecular flexibility index (Phi) is 5.92. The lowest BCUT2D eigenvalue weighted by Gasteiger charge is -2.34. The molecule has 1 N–H and O–H groups in total. The zero-order valence-electron chi connectivity index (χ0n) is 13.8. The van der Waals surface area contributed by atoms with Gasteiger partial charge >= 0.3 is 0 Å². The van der Waals surface area contributed by atoms with Gasteiger partial charge in [-0.3, -0.25) is 0 Å². The van der Waals surface area contributed by atoms with Gasteiger partial charge in [-0.05, 0) is 37.3 Å². The van der Waals surface area contributed by atoms with Crippen molar-refractivity contribution in [2.75, 3.05) is 20.8 Å². The maximum atomic E-state index is 5.61. The van der Waals surface area contributed by atoms with Crippen molar-refractivity contribution in [3.8, 4) is 11.5 Å². The zero-order valence-corrected chi connectivity index (χ0v) is 13.8. The molecule has 0 amide bonds. The van der Waals surface area contributed by atoms with Crippen molar-refractivity contribution in [1.29, 1.82) is 0 Å². The Morgan fingerprint density at radius 1 is 1.24 bits per heavy atom. The fourth-order valence-electron chi connectivity index (χ4n) is 3.61. The molecular formula is C18H29NO2. The van der Waals surface area contributed by atoms with E-state index in [-0.39, 0.29) is 0 Å². The first-order valence-corrected chi connectivity index (χ1v) is 8.14. The largest absolute Gasteiger partial charge is 0.497 e. The number of hydrogen-bond donors (Lipinski definition) is 1. The summed E-state index contributed by atoms with van der Waals surface area (Å²) in [6, 6.07) is 6.56. The molecule has 3 heteroatoms. The van der Waals surface area contributed by atoms with Crippen LogP contribution in [0.2, 0.25) is 0 Å². The quantitative estimate of drug-likeness (QED) is 0.853. The first-order chi connectivity index (χ1) is 10.2. The summed E-state index contributed by atoms with van der Waals surface area (Å²) < 4.78 is 10.9. The lowest BCUT2D eigenvalue weighted by Crippen LogP contribution is -2.31. The van der Waals surface area contributed by atoms with Gasteiger partial charge in [0.25, 0.3) is 0 Å². The van der Waals surface area contributed by atoms with Crippen molar-refractivity contribution in [3.05, 3.63) is 23.8 Å². The highest BCUT2D eigenvalue weighted by Gasteiger charge is 2.29. The first-order valence-electron chi connectivity index (χ1n) is 8.14. The molecule has 1 aliphatic carbocycles. The fourth-order valence-corrected chi connectivity index (χ4v) is 3.61. The van der Waals surface area contributed by atoms with Crippen LogP contribution >= 0.6 is 0 Å². The molecule has 2 rings (SSSR count). The minimum absolute atomic E-state index is 0.374. The predicted molar refractivity (Wildman–Crippen MR) is 87.1 cm³/mol. The van der Waals surface area contributed by atoms with Gasteiger partial charge in [0.05, 0.1) is 14.2 Å². The Morgan fingerprint density at radius 2 is 2.05 bits per heavy atom. The van der Waals surface area contributed by atoms with Gasteiger partial charge in [0.1, 0.15) is 11.5 Å². The van der Waals surface area contributed by atoms with Crippen LogP contribution in [0, 0.1) is 11.8 Å². The summed E-state index contributed by atoms with van der Waals surface area (Å²) in [5.74, 6) is 3.30. The number of hydrogen-bond acceptors (Lipinski definition) is 3. The van der Waals surface area contributed by atoms with Crippen LogP contribution in [-0.2, 0) is 0 Å². The molecule has 0 bridgehead atoms. The smallest absolute Gasteiger partial charge is 0.127 e. The predicted octanol–water partition coefficient (Wildman–Crippen LogP) is 4.18. The van der Waals surface area contributed by atoms with Gasteiger partial charge in [-0.2, -0.15) is 0 Å². The summed E-state index contributed by atoms with van der Waals surface area (Å²) in [4.78, 5) is 0. The van der Waals surface area contributed by atoms with Gasteiger partial charge in [0.2, 0.25) is 0 Å². The zero-order chi connectivity index (χ0) is 15.2. The van der Waals surface area contributed by atoms with E-state index in [1.165, 1.54) is 31.2 Å². The van der Waals surface area contributed by atoms with Gasteiger partial charge in [-0.15, -0.1) is 0 Å². The number of methoxy groups -OCH3 is 2. The van der Waals surface area contributed by atoms with Crippen molar-refractivity contribution in [2.45, 2.75) is 45.6 Å². The average Bonchev–Trinajstić information content (AvgIpc) is 2.52. The molecule has 3 nitrogen and oxygen atoms in total. The third-order valence-electron chi connectivity index (χ3n) is 4.65. The molecule has 0 spiro atoms. The maximum Gasteiger partial charge on any atom is 0.127 e. The van der Waals surface area contributed by atoms with Crippen LogP contribution in [0.5, 0.6) is 11.5 Å². The van der Waals surface area contributed by atoms with Crippen molar-refractivity contribution < 1.29 is 9.47 Å². The molecule has 1 saturated carbocycles. The Balaban J connectivity index is 2.28. The fraction of sp³-hybridized carbons (Fsp3) is 0.667. The number of ether oxygens (including phenoxy) is 2. The van der Waals surface area contributed by atoms with E-state index in [9.17, 15) is 0 Å². The van der Waals surface area contributed by atoms with Crippen LogP contribution in [0.15, 0.2) is 18.2 Å². The summed E-state index contributed by atoms with van der Waals surface area (Å²) in [7, 11) is 3.43. The third-order valence-corrected chi connectivity index (χ3v) is 4.65. The molecule has 0 aliphatic heterocycles. The summed E-state index contributed by atoms with van der Waals surface area (Å²) in [5, 5.41) is 3.68. The minimum Gasteiger partial charge on any atom is -0.497 e. The molecule has 0 heterocycles. The molecule has 1 aliphatic rings. The lowest BCUT2D eigenvalue weighted by molar-refractivity contribution is 0.222. The third kappa shape index (κ3) is 3.91. The van der Waals surface area contributed by atoms with Crippen molar-refractivity contribution in [3.63, 3.8) is 0 Å². The van der Waals surface area contributed by atoms with Crippen molar-refractivity contribution >= 4 is 0 Å². The van der Waals surface area contributed by atoms with E-state index < -0.39 is 0 Å². The normalized spacial score (nSPS) is 23.6. The second-order valence-corrected chi connectivity index (χ2v) is 6.18. The Bertz CT molecular complexity index is 447. The van der Waals surface area contributed by atoms with Crippen LogP contribution in [0.1, 0.15) is 51.1 Å². The highest BCUT2D eigenvalue weighted by Crippen LogP contribution is 2.40. The maximum absolute atomic E-state index is 5.61. The standard InChI is InChI=1S/C18H29NO2/c1-5-19-18(14-8-6-7-13(2)11-14)16-10-9-15(20-3)12-17(16)21-4/h9-10,12-14,18-19H,5-8,11H2,1-4H3. The van der Waals surface area contributed by atoms with Crippen LogP contribution in [0.4, 0.5) is 0 Å². The van der Waals surface area contributed by atoms with E-state index >= 15 is 0 Å². The SMILES string of the molecule is CCNC(c1ccc(OC)cc1OC)C1CCCC(C)C1. The number of nitrogens with one attached hydrogen (secondary N) is 1. The van der Waals surface area contributed by atoms with E-state index in [0.717, 1.165) is 24.0 Å². The van der Waals surface area contributed by atoms with E-state index in [1.807, 2.05) is 12.1 Å². The van der Waals surface area contributed by atoms with E-state index in [0.29, 0.717) is 12.0 Å². The Morgan fingerprint density at radius 3 is 2.67 bits per heavy atom. The molecule has 1 aromatic rings. The molecule has 21 heavy (non-hydrogen) atoms. The number of rotatable bonds is 6. The lowest BCUT2D eigenvalue weighted by atomic mass is 9.76. The van der Waals surface area contributed by atoms with Crippen LogP contribution in [-0.4, -0.2) is 20.8 Å².